The van der Waals surface area contributed by atoms with E-state index in [0.29, 0.717) is 0 Å². The fourth-order valence-electron chi connectivity index (χ4n) is 10.1. The van der Waals surface area contributed by atoms with Gasteiger partial charge < -0.3 is 13.9 Å². The molecule has 314 valence electrons. The maximum absolute atomic E-state index is 6.21. The molecule has 2 heterocycles. The van der Waals surface area contributed by atoms with Crippen LogP contribution >= 0.6 is 0 Å². The van der Waals surface area contributed by atoms with Crippen molar-refractivity contribution >= 4 is 71.6 Å². The lowest BCUT2D eigenvalue weighted by atomic mass is 9.98. The van der Waals surface area contributed by atoms with Crippen LogP contribution in [0, 0.1) is 0 Å². The minimum atomic E-state index is 0.908. The van der Waals surface area contributed by atoms with E-state index in [-0.39, 0.29) is 0 Å². The minimum absolute atomic E-state index is 0.908. The first kappa shape index (κ1) is 38.5. The molecule has 0 N–H and O–H groups in total. The molecule has 67 heavy (non-hydrogen) atoms. The van der Waals surface area contributed by atoms with Crippen molar-refractivity contribution in [3.63, 3.8) is 0 Å². The largest absolute Gasteiger partial charge is 0.456 e. The number of nitrogens with zero attached hydrogens (tertiary/aromatic N) is 2. The van der Waals surface area contributed by atoms with Crippen molar-refractivity contribution in [3.8, 4) is 50.2 Å². The normalized spacial score (nSPS) is 11.6. The maximum atomic E-state index is 6.21. The topological polar surface area (TPSA) is 21.3 Å². The van der Waals surface area contributed by atoms with Gasteiger partial charge in [0, 0.05) is 44.3 Å². The van der Waals surface area contributed by atoms with E-state index in [1.807, 2.05) is 12.1 Å². The third-order valence-corrected chi connectivity index (χ3v) is 13.4. The predicted octanol–water partition coefficient (Wildman–Crippen LogP) is 18.0. The molecule has 0 fully saturated rings. The van der Waals surface area contributed by atoms with Gasteiger partial charge in [0.15, 0.2) is 0 Å². The molecule has 11 aromatic carbocycles. The van der Waals surface area contributed by atoms with Crippen LogP contribution in [0.25, 0.3) is 105 Å². The van der Waals surface area contributed by atoms with Gasteiger partial charge in [0.1, 0.15) is 11.2 Å². The zero-order chi connectivity index (χ0) is 44.3. The van der Waals surface area contributed by atoms with Crippen LogP contribution < -0.4 is 4.90 Å². The van der Waals surface area contributed by atoms with Crippen LogP contribution in [-0.2, 0) is 0 Å². The van der Waals surface area contributed by atoms with Crippen LogP contribution in [0.1, 0.15) is 0 Å². The second kappa shape index (κ2) is 16.0. The van der Waals surface area contributed by atoms with Gasteiger partial charge in [-0.1, -0.05) is 176 Å². The van der Waals surface area contributed by atoms with Gasteiger partial charge in [0.05, 0.1) is 11.0 Å². The molecule has 0 bridgehead atoms. The Labute approximate surface area is 388 Å². The number of rotatable bonds is 8. The number of furan rings is 1. The fraction of sp³-hybridized carbons (Fsp3) is 0. The highest BCUT2D eigenvalue weighted by atomic mass is 16.3. The van der Waals surface area contributed by atoms with Crippen molar-refractivity contribution in [2.75, 3.05) is 4.90 Å². The summed E-state index contributed by atoms with van der Waals surface area (Å²) in [5.74, 6) is 0. The summed E-state index contributed by atoms with van der Waals surface area (Å²) < 4.78 is 8.59. The monoisotopic (exact) mass is 854 g/mol. The van der Waals surface area contributed by atoms with E-state index < -0.39 is 0 Å². The second-order valence-corrected chi connectivity index (χ2v) is 17.3. The lowest BCUT2D eigenvalue weighted by Crippen LogP contribution is -2.09. The molecular formula is C64H42N2O. The Morgan fingerprint density at radius 2 is 0.731 bits per heavy atom. The highest BCUT2D eigenvalue weighted by Gasteiger charge is 2.16. The van der Waals surface area contributed by atoms with Crippen LogP contribution in [0.2, 0.25) is 0 Å². The number of aromatic nitrogens is 1. The maximum Gasteiger partial charge on any atom is 0.136 e. The Morgan fingerprint density at radius 3 is 1.37 bits per heavy atom. The Kier molecular flexibility index (Phi) is 9.17. The van der Waals surface area contributed by atoms with Gasteiger partial charge in [-0.3, -0.25) is 0 Å². The molecule has 13 aromatic rings. The number of hydrogen-bond donors (Lipinski definition) is 0. The first-order chi connectivity index (χ1) is 33.2. The molecule has 3 nitrogen and oxygen atoms in total. The number of anilines is 3. The van der Waals surface area contributed by atoms with Crippen molar-refractivity contribution in [2.24, 2.45) is 0 Å². The molecule has 0 atom stereocenters. The van der Waals surface area contributed by atoms with Crippen LogP contribution in [0.5, 0.6) is 0 Å². The first-order valence-electron chi connectivity index (χ1n) is 22.9. The van der Waals surface area contributed by atoms with Gasteiger partial charge in [-0.2, -0.15) is 0 Å². The molecule has 0 unspecified atom stereocenters. The summed E-state index contributed by atoms with van der Waals surface area (Å²) >= 11 is 0. The van der Waals surface area contributed by atoms with Crippen molar-refractivity contribution in [2.45, 2.75) is 0 Å². The van der Waals surface area contributed by atoms with E-state index in [2.05, 4.69) is 252 Å². The van der Waals surface area contributed by atoms with Gasteiger partial charge in [-0.05, 0) is 134 Å². The van der Waals surface area contributed by atoms with Gasteiger partial charge >= 0.3 is 0 Å². The summed E-state index contributed by atoms with van der Waals surface area (Å²) in [5, 5.41) is 7.31. The molecule has 2 aromatic heterocycles. The summed E-state index contributed by atoms with van der Waals surface area (Å²) in [7, 11) is 0. The van der Waals surface area contributed by atoms with Crippen molar-refractivity contribution in [3.05, 3.63) is 255 Å². The minimum Gasteiger partial charge on any atom is -0.456 e. The van der Waals surface area contributed by atoms with E-state index in [1.165, 1.54) is 54.8 Å². The second-order valence-electron chi connectivity index (χ2n) is 17.3. The van der Waals surface area contributed by atoms with E-state index >= 15 is 0 Å². The van der Waals surface area contributed by atoms with E-state index in [4.69, 9.17) is 4.42 Å². The van der Waals surface area contributed by atoms with E-state index in [0.717, 1.165) is 66.9 Å². The lowest BCUT2D eigenvalue weighted by molar-refractivity contribution is 0.669. The third-order valence-electron chi connectivity index (χ3n) is 13.4. The van der Waals surface area contributed by atoms with E-state index in [1.54, 1.807) is 0 Å². The smallest absolute Gasteiger partial charge is 0.136 e. The molecule has 0 aliphatic rings. The van der Waals surface area contributed by atoms with Gasteiger partial charge in [-0.15, -0.1) is 0 Å². The summed E-state index contributed by atoms with van der Waals surface area (Å²) in [6.07, 6.45) is 0. The SMILES string of the molecule is c1cc(-c2ccc(N(c3ccc(-c4ccc(-c5ccc6c(c5)oc5ccccc56)cc4)cc3)c3ccc(-c4cccc5ccccc45)cc3)cc2)cc(-n2c3ccccc3c3ccccc32)c1. The van der Waals surface area contributed by atoms with Crippen LogP contribution in [-0.4, -0.2) is 4.57 Å². The van der Waals surface area contributed by atoms with Crippen molar-refractivity contribution in [1.82, 2.24) is 4.57 Å². The van der Waals surface area contributed by atoms with Crippen LogP contribution in [0.3, 0.4) is 0 Å². The van der Waals surface area contributed by atoms with Crippen LogP contribution in [0.4, 0.5) is 17.1 Å². The zero-order valence-corrected chi connectivity index (χ0v) is 36.6. The van der Waals surface area contributed by atoms with E-state index in [9.17, 15) is 0 Å². The molecule has 3 heteroatoms. The summed E-state index contributed by atoms with van der Waals surface area (Å²) in [5.41, 5.74) is 18.0. The Bertz CT molecular complexity index is 3890. The first-order valence-corrected chi connectivity index (χ1v) is 22.9. The summed E-state index contributed by atoms with van der Waals surface area (Å²) in [4.78, 5) is 2.35. The predicted molar refractivity (Wildman–Crippen MR) is 282 cm³/mol. The van der Waals surface area contributed by atoms with Gasteiger partial charge in [-0.25, -0.2) is 0 Å². The molecule has 0 radical (unpaired) electrons. The molecule has 0 spiro atoms. The highest BCUT2D eigenvalue weighted by Crippen LogP contribution is 2.40. The zero-order valence-electron chi connectivity index (χ0n) is 36.6. The lowest BCUT2D eigenvalue weighted by Gasteiger charge is -2.26. The van der Waals surface area contributed by atoms with Crippen molar-refractivity contribution in [1.29, 1.82) is 0 Å². The molecule has 13 rings (SSSR count). The Hall–Kier alpha value is -8.92. The molecule has 0 amide bonds. The summed E-state index contributed by atoms with van der Waals surface area (Å²) in [6.45, 7) is 0. The number of hydrogen-bond acceptors (Lipinski definition) is 2. The quantitative estimate of drug-likeness (QED) is 0.152. The van der Waals surface area contributed by atoms with Gasteiger partial charge in [0.2, 0.25) is 0 Å². The Morgan fingerprint density at radius 1 is 0.284 bits per heavy atom. The molecular weight excluding hydrogens is 813 g/mol. The molecule has 0 saturated heterocycles. The highest BCUT2D eigenvalue weighted by molar-refractivity contribution is 6.09. The summed E-state index contributed by atoms with van der Waals surface area (Å²) in [6, 6.07) is 91.9. The van der Waals surface area contributed by atoms with Crippen molar-refractivity contribution < 1.29 is 4.42 Å². The molecule has 0 saturated carbocycles. The standard InChI is InChI=1S/C64H42N2O/c1-2-15-55-47(11-1)12-10-19-56(55)48-31-38-53(39-32-48)65(51-34-27-44(28-35-51)43-23-25-45(26-24-43)50-33-40-60-59-18-5-8-22-63(59)67-64(60)42-50)52-36-29-46(30-37-52)49-13-9-14-54(41-49)66-61-20-6-3-16-57(61)58-17-4-7-21-62(58)66/h1-42H. The molecule has 0 aliphatic carbocycles. The Balaban J connectivity index is 0.838. The average Bonchev–Trinajstić information content (AvgIpc) is 3.95. The molecule has 0 aliphatic heterocycles. The number of para-hydroxylation sites is 3. The average molecular weight is 855 g/mol. The van der Waals surface area contributed by atoms with Crippen LogP contribution in [0.15, 0.2) is 259 Å². The van der Waals surface area contributed by atoms with Gasteiger partial charge in [0.25, 0.3) is 0 Å². The number of benzene rings is 11. The number of fused-ring (bicyclic) bond motifs is 7. The fourth-order valence-corrected chi connectivity index (χ4v) is 10.1. The third kappa shape index (κ3) is 6.76.